The number of rotatable bonds is 16. The SMILES string of the molecule is C=COOCC(COCCO)(COCCO)COOC=C. The topological polar surface area (TPSA) is 95.8 Å². The van der Waals surface area contributed by atoms with Crippen LogP contribution in [0, 0.1) is 5.41 Å². The van der Waals surface area contributed by atoms with Crippen molar-refractivity contribution in [1.82, 2.24) is 0 Å². The predicted octanol–water partition coefficient (Wildman–Crippen LogP) is 0.174. The van der Waals surface area contributed by atoms with Gasteiger partial charge in [-0.15, -0.1) is 0 Å². The van der Waals surface area contributed by atoms with Crippen molar-refractivity contribution in [2.45, 2.75) is 0 Å². The van der Waals surface area contributed by atoms with Crippen LogP contribution >= 0.6 is 0 Å². The molecule has 0 saturated heterocycles. The number of hydrogen-bond acceptors (Lipinski definition) is 8. The predicted molar refractivity (Wildman–Crippen MR) is 72.7 cm³/mol. The van der Waals surface area contributed by atoms with Crippen molar-refractivity contribution >= 4 is 0 Å². The molecule has 8 heteroatoms. The highest BCUT2D eigenvalue weighted by molar-refractivity contribution is 4.78. The van der Waals surface area contributed by atoms with Gasteiger partial charge < -0.3 is 29.5 Å². The third kappa shape index (κ3) is 10.2. The summed E-state index contributed by atoms with van der Waals surface area (Å²) in [6.45, 7) is 7.29. The van der Waals surface area contributed by atoms with E-state index >= 15 is 0 Å². The van der Waals surface area contributed by atoms with Gasteiger partial charge >= 0.3 is 0 Å². The van der Waals surface area contributed by atoms with E-state index in [1.54, 1.807) is 0 Å². The van der Waals surface area contributed by atoms with Gasteiger partial charge in [0.2, 0.25) is 0 Å². The molecule has 0 aliphatic heterocycles. The molecule has 0 atom stereocenters. The normalized spacial score (nSPS) is 11.1. The van der Waals surface area contributed by atoms with Crippen LogP contribution in [0.3, 0.4) is 0 Å². The minimum absolute atomic E-state index is 0.0659. The monoisotopic (exact) mass is 308 g/mol. The number of hydrogen-bond donors (Lipinski definition) is 2. The Balaban J connectivity index is 4.59. The molecule has 0 unspecified atom stereocenters. The molecule has 124 valence electrons. The molecule has 0 heterocycles. The van der Waals surface area contributed by atoms with E-state index in [4.69, 9.17) is 29.5 Å². The van der Waals surface area contributed by atoms with Crippen molar-refractivity contribution in [2.24, 2.45) is 5.41 Å². The average molecular weight is 308 g/mol. The van der Waals surface area contributed by atoms with Gasteiger partial charge in [0.15, 0.2) is 0 Å². The lowest BCUT2D eigenvalue weighted by Crippen LogP contribution is -2.42. The molecule has 0 aromatic rings. The Morgan fingerprint density at radius 1 is 0.762 bits per heavy atom. The standard InChI is InChI=1S/C13H24O8/c1-3-18-20-11-13(9-16-7-5-14,10-17-8-6-15)12-21-19-4-2/h3-4,14-15H,1-2,5-12H2. The van der Waals surface area contributed by atoms with Crippen LogP contribution in [0.25, 0.3) is 0 Å². The number of aliphatic hydroxyl groups excluding tert-OH is 2. The Hall–Kier alpha value is -1.16. The lowest BCUT2D eigenvalue weighted by molar-refractivity contribution is -0.313. The van der Waals surface area contributed by atoms with Gasteiger partial charge in [-0.3, -0.25) is 0 Å². The van der Waals surface area contributed by atoms with Gasteiger partial charge in [-0.2, -0.15) is 9.78 Å². The van der Waals surface area contributed by atoms with Crippen molar-refractivity contribution in [2.75, 3.05) is 52.9 Å². The molecule has 0 aromatic carbocycles. The molecule has 2 N–H and O–H groups in total. The zero-order valence-corrected chi connectivity index (χ0v) is 12.1. The molecule has 0 amide bonds. The maximum atomic E-state index is 8.78. The van der Waals surface area contributed by atoms with Crippen LogP contribution in [0.4, 0.5) is 0 Å². The molecule has 21 heavy (non-hydrogen) atoms. The fourth-order valence-corrected chi connectivity index (χ4v) is 1.37. The Morgan fingerprint density at radius 2 is 1.19 bits per heavy atom. The molecule has 0 saturated carbocycles. The van der Waals surface area contributed by atoms with Gasteiger partial charge in [0.25, 0.3) is 0 Å². The largest absolute Gasteiger partial charge is 0.394 e. The van der Waals surface area contributed by atoms with Gasteiger partial charge in [0, 0.05) is 0 Å². The van der Waals surface area contributed by atoms with Gasteiger partial charge in [-0.1, -0.05) is 13.2 Å². The van der Waals surface area contributed by atoms with Gasteiger partial charge in [0.1, 0.15) is 25.7 Å². The van der Waals surface area contributed by atoms with Crippen molar-refractivity contribution in [1.29, 1.82) is 0 Å². The van der Waals surface area contributed by atoms with E-state index < -0.39 is 5.41 Å². The molecular weight excluding hydrogens is 284 g/mol. The van der Waals surface area contributed by atoms with Gasteiger partial charge in [0.05, 0.1) is 45.1 Å². The summed E-state index contributed by atoms with van der Waals surface area (Å²) in [4.78, 5) is 19.2. The fraction of sp³-hybridized carbons (Fsp3) is 0.692. The molecule has 0 radical (unpaired) electrons. The van der Waals surface area contributed by atoms with E-state index in [2.05, 4.69) is 22.9 Å². The highest BCUT2D eigenvalue weighted by Crippen LogP contribution is 2.21. The Kier molecular flexibility index (Phi) is 13.0. The summed E-state index contributed by atoms with van der Waals surface area (Å²) in [5.41, 5.74) is -0.754. The highest BCUT2D eigenvalue weighted by Gasteiger charge is 2.34. The maximum absolute atomic E-state index is 8.78. The second-order valence-electron chi connectivity index (χ2n) is 4.10. The first kappa shape index (κ1) is 19.8. The molecule has 0 aliphatic carbocycles. The van der Waals surface area contributed by atoms with Crippen LogP contribution < -0.4 is 0 Å². The Labute approximate surface area is 124 Å². The van der Waals surface area contributed by atoms with Crippen molar-refractivity contribution in [3.63, 3.8) is 0 Å². The summed E-state index contributed by atoms with van der Waals surface area (Å²) in [6.07, 6.45) is 2.27. The molecule has 0 rings (SSSR count). The molecule has 0 fully saturated rings. The molecule has 0 bridgehead atoms. The summed E-state index contributed by atoms with van der Waals surface area (Å²) in [5.74, 6) is 0. The maximum Gasteiger partial charge on any atom is 0.122 e. The Bertz CT molecular complexity index is 233. The summed E-state index contributed by atoms with van der Waals surface area (Å²) in [6, 6.07) is 0. The van der Waals surface area contributed by atoms with Gasteiger partial charge in [-0.05, 0) is 0 Å². The first-order chi connectivity index (χ1) is 10.2. The minimum Gasteiger partial charge on any atom is -0.394 e. The van der Waals surface area contributed by atoms with E-state index in [0.717, 1.165) is 12.5 Å². The lowest BCUT2D eigenvalue weighted by atomic mass is 9.92. The number of ether oxygens (including phenoxy) is 2. The Morgan fingerprint density at radius 3 is 1.52 bits per heavy atom. The minimum atomic E-state index is -0.754. The average Bonchev–Trinajstić information content (AvgIpc) is 2.48. The van der Waals surface area contributed by atoms with E-state index in [-0.39, 0.29) is 52.9 Å². The van der Waals surface area contributed by atoms with E-state index in [1.165, 1.54) is 0 Å². The molecule has 0 spiro atoms. The van der Waals surface area contributed by atoms with Crippen LogP contribution in [-0.4, -0.2) is 63.1 Å². The van der Waals surface area contributed by atoms with Crippen molar-refractivity contribution < 1.29 is 39.2 Å². The first-order valence-electron chi connectivity index (χ1n) is 6.40. The fourth-order valence-electron chi connectivity index (χ4n) is 1.37. The van der Waals surface area contributed by atoms with E-state index in [0.29, 0.717) is 0 Å². The number of aliphatic hydroxyl groups is 2. The lowest BCUT2D eigenvalue weighted by Gasteiger charge is -2.30. The van der Waals surface area contributed by atoms with Crippen LogP contribution in [0.1, 0.15) is 0 Å². The van der Waals surface area contributed by atoms with E-state index in [1.807, 2.05) is 0 Å². The van der Waals surface area contributed by atoms with Crippen molar-refractivity contribution in [3.05, 3.63) is 25.7 Å². The second-order valence-corrected chi connectivity index (χ2v) is 4.10. The summed E-state index contributed by atoms with van der Waals surface area (Å²) >= 11 is 0. The van der Waals surface area contributed by atoms with Gasteiger partial charge in [-0.25, -0.2) is 0 Å². The smallest absolute Gasteiger partial charge is 0.122 e. The highest BCUT2D eigenvalue weighted by atomic mass is 17.2. The second kappa shape index (κ2) is 13.8. The molecule has 0 aromatic heterocycles. The third-order valence-electron chi connectivity index (χ3n) is 2.29. The summed E-state index contributed by atoms with van der Waals surface area (Å²) < 4.78 is 10.7. The quantitative estimate of drug-likeness (QED) is 0.180. The third-order valence-corrected chi connectivity index (χ3v) is 2.29. The summed E-state index contributed by atoms with van der Waals surface area (Å²) in [5, 5.41) is 17.6. The van der Waals surface area contributed by atoms with E-state index in [9.17, 15) is 0 Å². The summed E-state index contributed by atoms with van der Waals surface area (Å²) in [7, 11) is 0. The van der Waals surface area contributed by atoms with Crippen LogP contribution in [0.2, 0.25) is 0 Å². The zero-order valence-electron chi connectivity index (χ0n) is 12.1. The first-order valence-corrected chi connectivity index (χ1v) is 6.40. The van der Waals surface area contributed by atoms with Crippen LogP contribution in [0.5, 0.6) is 0 Å². The molecule has 0 aliphatic rings. The molecule has 8 nitrogen and oxygen atoms in total. The van der Waals surface area contributed by atoms with Crippen LogP contribution in [-0.2, 0) is 29.0 Å². The van der Waals surface area contributed by atoms with Crippen molar-refractivity contribution in [3.8, 4) is 0 Å². The zero-order chi connectivity index (χ0) is 15.8. The van der Waals surface area contributed by atoms with Crippen LogP contribution in [0.15, 0.2) is 25.7 Å². The molecular formula is C13H24O8.